The van der Waals surface area contributed by atoms with Gasteiger partial charge in [0.1, 0.15) is 0 Å². The minimum atomic E-state index is -0.327. The van der Waals surface area contributed by atoms with Crippen LogP contribution in [0.15, 0.2) is 273 Å². The standard InChI is InChI=1S/C58H46.C13H12/c1-40-50(46-33-29-43(30-34-46)39-42-27-31-45(32-28-42)44-15-5-3-6-16-44)21-13-23-52(40)53-24-14-22-51(41(53)2)47-35-37-49(38-36-47)58(48-17-7-4-8-18-48)56-25-11-9-19-54(56)55-20-10-12-26-57(55)58;1-11-7-9-13(10-8-11)12-5-3-2-4-6-12/h3-19,21-38,55H,20,39H2,1-2H3;2-10H,1H3. The Labute approximate surface area is 421 Å². The summed E-state index contributed by atoms with van der Waals surface area (Å²) in [6.45, 7) is 6.67. The van der Waals surface area contributed by atoms with Crippen LogP contribution in [0.5, 0.6) is 0 Å². The van der Waals surface area contributed by atoms with Crippen LogP contribution in [0.25, 0.3) is 55.6 Å². The Balaban J connectivity index is 0.000000364. The fraction of sp³-hybridized carbons (Fsp3) is 0.0986. The first-order chi connectivity index (χ1) is 35.0. The van der Waals surface area contributed by atoms with Gasteiger partial charge in [0.25, 0.3) is 0 Å². The molecule has 2 aliphatic carbocycles. The number of rotatable bonds is 9. The maximum atomic E-state index is 2.39. The zero-order chi connectivity index (χ0) is 48.2. The van der Waals surface area contributed by atoms with Gasteiger partial charge in [-0.1, -0.05) is 273 Å². The molecule has 0 bridgehead atoms. The van der Waals surface area contributed by atoms with E-state index in [1.165, 1.54) is 111 Å². The van der Waals surface area contributed by atoms with Gasteiger partial charge in [0.2, 0.25) is 0 Å². The second-order valence-corrected chi connectivity index (χ2v) is 19.2. The third-order valence-electron chi connectivity index (χ3n) is 15.0. The van der Waals surface area contributed by atoms with Gasteiger partial charge in [0.05, 0.1) is 5.41 Å². The lowest BCUT2D eigenvalue weighted by molar-refractivity contribution is 0.693. The van der Waals surface area contributed by atoms with E-state index in [0.717, 1.165) is 12.8 Å². The Hall–Kier alpha value is -8.32. The van der Waals surface area contributed by atoms with Crippen molar-refractivity contribution in [3.8, 4) is 55.6 Å². The second-order valence-electron chi connectivity index (χ2n) is 19.2. The van der Waals surface area contributed by atoms with Crippen LogP contribution in [0.2, 0.25) is 0 Å². The number of hydrogen-bond acceptors (Lipinski definition) is 0. The van der Waals surface area contributed by atoms with Gasteiger partial charge in [-0.3, -0.25) is 0 Å². The second kappa shape index (κ2) is 20.0. The van der Waals surface area contributed by atoms with Gasteiger partial charge < -0.3 is 0 Å². The highest BCUT2D eigenvalue weighted by Crippen LogP contribution is 2.59. The van der Waals surface area contributed by atoms with Crippen LogP contribution in [0.3, 0.4) is 0 Å². The van der Waals surface area contributed by atoms with Crippen LogP contribution >= 0.6 is 0 Å². The Bertz CT molecular complexity index is 3490. The summed E-state index contributed by atoms with van der Waals surface area (Å²) in [6, 6.07) is 91.0. The summed E-state index contributed by atoms with van der Waals surface area (Å²) in [5.74, 6) is 0.389. The minimum absolute atomic E-state index is 0.327. The Morgan fingerprint density at radius 1 is 0.366 bits per heavy atom. The summed E-state index contributed by atoms with van der Waals surface area (Å²) in [5.41, 5.74) is 25.9. The van der Waals surface area contributed by atoms with Crippen molar-refractivity contribution >= 4 is 0 Å². The highest BCUT2D eigenvalue weighted by Gasteiger charge is 2.50. The van der Waals surface area contributed by atoms with Gasteiger partial charge in [-0.25, -0.2) is 0 Å². The molecule has 10 aromatic carbocycles. The molecule has 0 amide bonds. The molecule has 0 N–H and O–H groups in total. The summed E-state index contributed by atoms with van der Waals surface area (Å²) in [7, 11) is 0. The van der Waals surface area contributed by atoms with Crippen LogP contribution in [0.4, 0.5) is 0 Å². The predicted molar refractivity (Wildman–Crippen MR) is 301 cm³/mol. The fourth-order valence-corrected chi connectivity index (χ4v) is 11.3. The maximum absolute atomic E-state index is 2.39. The molecule has 0 nitrogen and oxygen atoms in total. The molecular formula is C71H58. The average molecular weight is 911 g/mol. The molecule has 71 heavy (non-hydrogen) atoms. The summed E-state index contributed by atoms with van der Waals surface area (Å²) in [4.78, 5) is 0. The molecule has 0 aliphatic heterocycles. The molecule has 0 fully saturated rings. The molecule has 342 valence electrons. The van der Waals surface area contributed by atoms with Gasteiger partial charge in [-0.05, 0) is 139 Å². The Morgan fingerprint density at radius 3 is 1.34 bits per heavy atom. The molecule has 0 saturated carbocycles. The van der Waals surface area contributed by atoms with Gasteiger partial charge in [-0.2, -0.15) is 0 Å². The van der Waals surface area contributed by atoms with Crippen molar-refractivity contribution in [3.63, 3.8) is 0 Å². The van der Waals surface area contributed by atoms with Gasteiger partial charge in [-0.15, -0.1) is 0 Å². The average Bonchev–Trinajstić information content (AvgIpc) is 3.74. The Morgan fingerprint density at radius 2 is 0.789 bits per heavy atom. The molecule has 0 radical (unpaired) electrons. The minimum Gasteiger partial charge on any atom is -0.0836 e. The number of benzene rings is 10. The van der Waals surface area contributed by atoms with Gasteiger partial charge in [0.15, 0.2) is 0 Å². The number of allylic oxidation sites excluding steroid dienone is 4. The monoisotopic (exact) mass is 910 g/mol. The van der Waals surface area contributed by atoms with Crippen molar-refractivity contribution in [1.29, 1.82) is 0 Å². The molecular weight excluding hydrogens is 853 g/mol. The van der Waals surface area contributed by atoms with Crippen LogP contribution in [0, 0.1) is 20.8 Å². The first-order valence-electron chi connectivity index (χ1n) is 25.1. The van der Waals surface area contributed by atoms with Crippen molar-refractivity contribution in [3.05, 3.63) is 323 Å². The Kier molecular flexibility index (Phi) is 12.7. The van der Waals surface area contributed by atoms with Crippen molar-refractivity contribution < 1.29 is 0 Å². The van der Waals surface area contributed by atoms with E-state index in [4.69, 9.17) is 0 Å². The summed E-state index contributed by atoms with van der Waals surface area (Å²) in [6.07, 6.45) is 8.93. The molecule has 0 aromatic heterocycles. The van der Waals surface area contributed by atoms with Crippen LogP contribution < -0.4 is 0 Å². The molecule has 10 aromatic rings. The molecule has 0 saturated heterocycles. The van der Waals surface area contributed by atoms with E-state index >= 15 is 0 Å². The lowest BCUT2D eigenvalue weighted by Gasteiger charge is -2.36. The van der Waals surface area contributed by atoms with Crippen molar-refractivity contribution in [2.24, 2.45) is 0 Å². The first kappa shape index (κ1) is 45.1. The first-order valence-corrected chi connectivity index (χ1v) is 25.1. The normalized spacial score (nSPS) is 15.5. The van der Waals surface area contributed by atoms with E-state index in [-0.39, 0.29) is 5.41 Å². The molecule has 0 spiro atoms. The van der Waals surface area contributed by atoms with E-state index in [1.54, 1.807) is 0 Å². The number of hydrogen-bond donors (Lipinski definition) is 0. The van der Waals surface area contributed by atoms with E-state index in [9.17, 15) is 0 Å². The lowest BCUT2D eigenvalue weighted by atomic mass is 9.66. The molecule has 2 atom stereocenters. The SMILES string of the molecule is Cc1c(-c2ccc(Cc3ccc(-c4ccccc4)cc3)cc2)cccc1-c1cccc(-c2ccc(C3(c4ccccc4)C4=CC=CCC4c4ccccc43)cc2)c1C.Cc1ccc(-c2ccccc2)cc1. The maximum Gasteiger partial charge on any atom is 0.0673 e. The summed E-state index contributed by atoms with van der Waals surface area (Å²) in [5, 5.41) is 0. The van der Waals surface area contributed by atoms with E-state index in [1.807, 2.05) is 6.07 Å². The van der Waals surface area contributed by atoms with Crippen LogP contribution in [-0.4, -0.2) is 0 Å². The van der Waals surface area contributed by atoms with Gasteiger partial charge >= 0.3 is 0 Å². The fourth-order valence-electron chi connectivity index (χ4n) is 11.3. The van der Waals surface area contributed by atoms with Crippen LogP contribution in [-0.2, 0) is 11.8 Å². The van der Waals surface area contributed by atoms with Crippen molar-refractivity contribution in [2.45, 2.75) is 44.9 Å². The largest absolute Gasteiger partial charge is 0.0836 e. The molecule has 12 rings (SSSR count). The molecule has 2 aliphatic rings. The number of fused-ring (bicyclic) bond motifs is 3. The van der Waals surface area contributed by atoms with Crippen LogP contribution in [0.1, 0.15) is 62.4 Å². The van der Waals surface area contributed by atoms with E-state index < -0.39 is 0 Å². The highest BCUT2D eigenvalue weighted by molar-refractivity contribution is 5.84. The van der Waals surface area contributed by atoms with E-state index in [2.05, 4.69) is 282 Å². The lowest BCUT2D eigenvalue weighted by Crippen LogP contribution is -2.29. The van der Waals surface area contributed by atoms with Crippen molar-refractivity contribution in [1.82, 2.24) is 0 Å². The topological polar surface area (TPSA) is 0 Å². The summed E-state index contributed by atoms with van der Waals surface area (Å²) < 4.78 is 0. The van der Waals surface area contributed by atoms with E-state index in [0.29, 0.717) is 5.92 Å². The number of aryl methyl sites for hydroxylation is 1. The van der Waals surface area contributed by atoms with Gasteiger partial charge in [0, 0.05) is 5.92 Å². The third kappa shape index (κ3) is 8.84. The smallest absolute Gasteiger partial charge is 0.0673 e. The van der Waals surface area contributed by atoms with Crippen molar-refractivity contribution in [2.75, 3.05) is 0 Å². The molecule has 0 heterocycles. The molecule has 0 heteroatoms. The summed E-state index contributed by atoms with van der Waals surface area (Å²) >= 11 is 0. The zero-order valence-corrected chi connectivity index (χ0v) is 40.9. The predicted octanol–water partition coefficient (Wildman–Crippen LogP) is 18.5. The zero-order valence-electron chi connectivity index (χ0n) is 40.9. The third-order valence-corrected chi connectivity index (χ3v) is 15.0. The molecule has 2 unspecified atom stereocenters. The quantitative estimate of drug-likeness (QED) is 0.135. The highest BCUT2D eigenvalue weighted by atomic mass is 14.5.